The summed E-state index contributed by atoms with van der Waals surface area (Å²) in [6.45, 7) is 2.71. The highest BCUT2D eigenvalue weighted by atomic mass is 32.2. The molecule has 17 heavy (non-hydrogen) atoms. The van der Waals surface area contributed by atoms with E-state index in [9.17, 15) is 10.1 Å². The maximum Gasteiger partial charge on any atom is 0.311 e. The molecule has 0 amide bonds. The quantitative estimate of drug-likeness (QED) is 0.597. The molecule has 0 aliphatic rings. The predicted octanol–water partition coefficient (Wildman–Crippen LogP) is 1.98. The van der Waals surface area contributed by atoms with E-state index in [-0.39, 0.29) is 17.3 Å². The number of nitrogen functional groups attached to an aromatic ring is 1. The molecule has 0 saturated carbocycles. The van der Waals surface area contributed by atoms with Crippen LogP contribution >= 0.6 is 11.8 Å². The Labute approximate surface area is 104 Å². The van der Waals surface area contributed by atoms with Gasteiger partial charge < -0.3 is 11.1 Å². The molecule has 0 fully saturated rings. The Morgan fingerprint density at radius 1 is 1.65 bits per heavy atom. The molecule has 0 radical (unpaired) electrons. The molecule has 7 heteroatoms. The molecule has 0 aliphatic heterocycles. The Balaban J connectivity index is 2.75. The summed E-state index contributed by atoms with van der Waals surface area (Å²) in [5, 5.41) is 13.8. The minimum absolute atomic E-state index is 0.0458. The molecule has 1 unspecified atom stereocenters. The van der Waals surface area contributed by atoms with Crippen LogP contribution in [0.15, 0.2) is 12.1 Å². The van der Waals surface area contributed by atoms with Crippen molar-refractivity contribution in [2.75, 3.05) is 29.6 Å². The molecule has 0 bridgehead atoms. The Morgan fingerprint density at radius 3 is 2.94 bits per heavy atom. The molecular formula is C10H16N4O2S. The zero-order valence-electron chi connectivity index (χ0n) is 9.84. The van der Waals surface area contributed by atoms with Crippen LogP contribution in [-0.4, -0.2) is 28.5 Å². The molecule has 1 aromatic rings. The summed E-state index contributed by atoms with van der Waals surface area (Å²) in [5.41, 5.74) is 5.47. The number of thioether (sulfide) groups is 1. The van der Waals surface area contributed by atoms with Crippen molar-refractivity contribution in [3.05, 3.63) is 22.2 Å². The van der Waals surface area contributed by atoms with Crippen LogP contribution in [0.4, 0.5) is 17.3 Å². The molecule has 3 N–H and O–H groups in total. The summed E-state index contributed by atoms with van der Waals surface area (Å²) in [6.07, 6.45) is 2.03. The molecule has 0 saturated heterocycles. The van der Waals surface area contributed by atoms with Crippen LogP contribution in [0.3, 0.4) is 0 Å². The second-order valence-electron chi connectivity index (χ2n) is 3.80. The second-order valence-corrected chi connectivity index (χ2v) is 4.71. The third-order valence-electron chi connectivity index (χ3n) is 2.16. The smallest absolute Gasteiger partial charge is 0.311 e. The summed E-state index contributed by atoms with van der Waals surface area (Å²) in [6, 6.07) is 2.79. The van der Waals surface area contributed by atoms with Crippen molar-refractivity contribution in [1.29, 1.82) is 0 Å². The van der Waals surface area contributed by atoms with Crippen LogP contribution < -0.4 is 11.1 Å². The average Bonchev–Trinajstić information content (AvgIpc) is 2.26. The van der Waals surface area contributed by atoms with Gasteiger partial charge in [-0.3, -0.25) is 10.1 Å². The van der Waals surface area contributed by atoms with Crippen molar-refractivity contribution >= 4 is 29.1 Å². The number of nitro groups is 1. The van der Waals surface area contributed by atoms with Gasteiger partial charge in [-0.2, -0.15) is 11.8 Å². The first-order valence-corrected chi connectivity index (χ1v) is 6.57. The van der Waals surface area contributed by atoms with Crippen LogP contribution in [0.25, 0.3) is 0 Å². The summed E-state index contributed by atoms with van der Waals surface area (Å²) >= 11 is 1.74. The number of nitrogens with two attached hydrogens (primary N) is 1. The van der Waals surface area contributed by atoms with Crippen molar-refractivity contribution in [3.8, 4) is 0 Å². The standard InChI is InChI=1S/C10H16N4O2S/c1-7(6-17-2)5-12-10-8(14(15)16)3-4-9(11)13-10/h3-4,7H,5-6H2,1-2H3,(H3,11,12,13). The van der Waals surface area contributed by atoms with Gasteiger partial charge in [0.1, 0.15) is 5.82 Å². The van der Waals surface area contributed by atoms with E-state index in [0.717, 1.165) is 5.75 Å². The van der Waals surface area contributed by atoms with Crippen molar-refractivity contribution in [1.82, 2.24) is 4.98 Å². The largest absolute Gasteiger partial charge is 0.384 e. The van der Waals surface area contributed by atoms with Crippen molar-refractivity contribution in [3.63, 3.8) is 0 Å². The fraction of sp³-hybridized carbons (Fsp3) is 0.500. The molecule has 0 spiro atoms. The van der Waals surface area contributed by atoms with Crippen molar-refractivity contribution in [2.24, 2.45) is 5.92 Å². The van der Waals surface area contributed by atoms with Gasteiger partial charge in [-0.15, -0.1) is 0 Å². The molecule has 0 aliphatic carbocycles. The van der Waals surface area contributed by atoms with Crippen LogP contribution in [-0.2, 0) is 0 Å². The van der Waals surface area contributed by atoms with E-state index < -0.39 is 4.92 Å². The number of aromatic nitrogens is 1. The third kappa shape index (κ3) is 4.10. The van der Waals surface area contributed by atoms with Crippen LogP contribution in [0.1, 0.15) is 6.92 Å². The Kier molecular flexibility index (Phi) is 5.02. The van der Waals surface area contributed by atoms with E-state index in [0.29, 0.717) is 12.5 Å². The number of hydrogen-bond acceptors (Lipinski definition) is 6. The van der Waals surface area contributed by atoms with Gasteiger partial charge in [0.2, 0.25) is 5.82 Å². The topological polar surface area (TPSA) is 94.1 Å². The van der Waals surface area contributed by atoms with Crippen molar-refractivity contribution < 1.29 is 4.92 Å². The summed E-state index contributed by atoms with van der Waals surface area (Å²) in [7, 11) is 0. The lowest BCUT2D eigenvalue weighted by Gasteiger charge is -2.11. The number of nitrogens with one attached hydrogen (secondary N) is 1. The van der Waals surface area contributed by atoms with E-state index in [1.165, 1.54) is 12.1 Å². The summed E-state index contributed by atoms with van der Waals surface area (Å²) in [4.78, 5) is 14.3. The Morgan fingerprint density at radius 2 is 2.35 bits per heavy atom. The highest BCUT2D eigenvalue weighted by molar-refractivity contribution is 7.98. The SMILES string of the molecule is CSCC(C)CNc1nc(N)ccc1[N+](=O)[O-]. The van der Waals surface area contributed by atoms with Crippen LogP contribution in [0.5, 0.6) is 0 Å². The van der Waals surface area contributed by atoms with Gasteiger partial charge in [0, 0.05) is 12.6 Å². The molecule has 0 aromatic carbocycles. The van der Waals surface area contributed by atoms with Gasteiger partial charge in [0.15, 0.2) is 0 Å². The minimum Gasteiger partial charge on any atom is -0.384 e. The highest BCUT2D eigenvalue weighted by Gasteiger charge is 2.15. The first kappa shape index (κ1) is 13.6. The Bertz CT molecular complexity index is 400. The molecule has 1 heterocycles. The third-order valence-corrected chi connectivity index (χ3v) is 3.06. The first-order valence-electron chi connectivity index (χ1n) is 5.18. The van der Waals surface area contributed by atoms with Gasteiger partial charge in [-0.25, -0.2) is 4.98 Å². The zero-order chi connectivity index (χ0) is 12.8. The lowest BCUT2D eigenvalue weighted by molar-refractivity contribution is -0.384. The van der Waals surface area contributed by atoms with E-state index in [2.05, 4.69) is 17.2 Å². The van der Waals surface area contributed by atoms with Gasteiger partial charge in [0.25, 0.3) is 0 Å². The molecule has 1 rings (SSSR count). The van der Waals surface area contributed by atoms with E-state index in [1.807, 2.05) is 6.26 Å². The number of nitrogens with zero attached hydrogens (tertiary/aromatic N) is 2. The van der Waals surface area contributed by atoms with E-state index >= 15 is 0 Å². The van der Waals surface area contributed by atoms with Crippen LogP contribution in [0, 0.1) is 16.0 Å². The summed E-state index contributed by atoms with van der Waals surface area (Å²) in [5.74, 6) is 1.91. The maximum absolute atomic E-state index is 10.8. The number of rotatable bonds is 6. The zero-order valence-corrected chi connectivity index (χ0v) is 10.7. The van der Waals surface area contributed by atoms with E-state index in [4.69, 9.17) is 5.73 Å². The number of pyridine rings is 1. The van der Waals surface area contributed by atoms with Gasteiger partial charge in [-0.1, -0.05) is 6.92 Å². The number of anilines is 2. The van der Waals surface area contributed by atoms with Crippen LogP contribution in [0.2, 0.25) is 0 Å². The van der Waals surface area contributed by atoms with E-state index in [1.54, 1.807) is 11.8 Å². The van der Waals surface area contributed by atoms with Crippen molar-refractivity contribution in [2.45, 2.75) is 6.92 Å². The maximum atomic E-state index is 10.8. The fourth-order valence-corrected chi connectivity index (χ4v) is 2.05. The highest BCUT2D eigenvalue weighted by Crippen LogP contribution is 2.23. The average molecular weight is 256 g/mol. The molecule has 1 atom stereocenters. The van der Waals surface area contributed by atoms with Gasteiger partial charge >= 0.3 is 5.69 Å². The van der Waals surface area contributed by atoms with Gasteiger partial charge in [-0.05, 0) is 24.0 Å². The fourth-order valence-electron chi connectivity index (χ4n) is 1.36. The lowest BCUT2D eigenvalue weighted by atomic mass is 10.2. The monoisotopic (exact) mass is 256 g/mol. The first-order chi connectivity index (χ1) is 8.04. The number of hydrogen-bond donors (Lipinski definition) is 2. The van der Waals surface area contributed by atoms with Gasteiger partial charge in [0.05, 0.1) is 4.92 Å². The minimum atomic E-state index is -0.464. The summed E-state index contributed by atoms with van der Waals surface area (Å²) < 4.78 is 0. The molecule has 1 aromatic heterocycles. The molecule has 6 nitrogen and oxygen atoms in total. The Hall–Kier alpha value is -1.50. The molecular weight excluding hydrogens is 240 g/mol. The second kappa shape index (κ2) is 6.29. The normalized spacial score (nSPS) is 12.1. The molecule has 94 valence electrons. The predicted molar refractivity (Wildman–Crippen MR) is 71.3 cm³/mol. The lowest BCUT2D eigenvalue weighted by Crippen LogP contribution is -2.15.